The Labute approximate surface area is 93.6 Å². The lowest BCUT2D eigenvalue weighted by Crippen LogP contribution is -2.33. The van der Waals surface area contributed by atoms with E-state index in [4.69, 9.17) is 4.74 Å². The quantitative estimate of drug-likeness (QED) is 0.845. The van der Waals surface area contributed by atoms with E-state index in [9.17, 15) is 9.18 Å². The summed E-state index contributed by atoms with van der Waals surface area (Å²) >= 11 is 0. The zero-order chi connectivity index (χ0) is 11.4. The summed E-state index contributed by atoms with van der Waals surface area (Å²) in [6.07, 6.45) is 1.42. The van der Waals surface area contributed by atoms with Crippen molar-refractivity contribution in [2.45, 2.75) is 25.5 Å². The fourth-order valence-electron chi connectivity index (χ4n) is 1.69. The second-order valence-corrected chi connectivity index (χ2v) is 3.85. The van der Waals surface area contributed by atoms with Crippen LogP contribution in [0.2, 0.25) is 0 Å². The van der Waals surface area contributed by atoms with Gasteiger partial charge in [-0.2, -0.15) is 0 Å². The summed E-state index contributed by atoms with van der Waals surface area (Å²) in [7, 11) is 0. The molecule has 0 spiro atoms. The molecular weight excluding hydrogens is 209 g/mol. The molecule has 1 amide bonds. The minimum absolute atomic E-state index is 0.0816. The minimum atomic E-state index is -0.305. The van der Waals surface area contributed by atoms with Crippen LogP contribution < -0.4 is 5.32 Å². The van der Waals surface area contributed by atoms with Crippen molar-refractivity contribution in [2.75, 3.05) is 6.61 Å². The largest absolute Gasteiger partial charge is 0.368 e. The molecule has 1 aromatic rings. The van der Waals surface area contributed by atoms with E-state index in [1.165, 1.54) is 12.1 Å². The molecule has 1 aromatic carbocycles. The van der Waals surface area contributed by atoms with Crippen molar-refractivity contribution in [2.24, 2.45) is 0 Å². The third-order valence-electron chi connectivity index (χ3n) is 2.60. The lowest BCUT2D eigenvalue weighted by atomic mass is 10.2. The van der Waals surface area contributed by atoms with E-state index in [0.717, 1.165) is 18.4 Å². The number of carbonyl (C=O) groups excluding carboxylic acids is 1. The van der Waals surface area contributed by atoms with Crippen LogP contribution in [-0.4, -0.2) is 18.6 Å². The van der Waals surface area contributed by atoms with Gasteiger partial charge < -0.3 is 10.1 Å². The van der Waals surface area contributed by atoms with Crippen LogP contribution in [0.1, 0.15) is 18.4 Å². The molecule has 1 aliphatic heterocycles. The van der Waals surface area contributed by atoms with Gasteiger partial charge in [-0.3, -0.25) is 4.79 Å². The Morgan fingerprint density at radius 2 is 2.19 bits per heavy atom. The van der Waals surface area contributed by atoms with Crippen molar-refractivity contribution < 1.29 is 13.9 Å². The lowest BCUT2D eigenvalue weighted by Gasteiger charge is -2.10. The maximum atomic E-state index is 12.6. The molecule has 1 aliphatic rings. The highest BCUT2D eigenvalue weighted by Crippen LogP contribution is 2.12. The Bertz CT molecular complexity index is 358. The first-order chi connectivity index (χ1) is 7.75. The first kappa shape index (κ1) is 11.1. The summed E-state index contributed by atoms with van der Waals surface area (Å²) in [4.78, 5) is 11.6. The van der Waals surface area contributed by atoms with Gasteiger partial charge in [-0.05, 0) is 30.5 Å². The Morgan fingerprint density at radius 1 is 1.44 bits per heavy atom. The molecule has 1 fully saturated rings. The molecule has 0 radical (unpaired) electrons. The van der Waals surface area contributed by atoms with Gasteiger partial charge in [0.15, 0.2) is 0 Å². The van der Waals surface area contributed by atoms with E-state index in [-0.39, 0.29) is 17.8 Å². The smallest absolute Gasteiger partial charge is 0.249 e. The maximum Gasteiger partial charge on any atom is 0.249 e. The van der Waals surface area contributed by atoms with Crippen molar-refractivity contribution in [3.8, 4) is 0 Å². The molecule has 1 atom stereocenters. The zero-order valence-electron chi connectivity index (χ0n) is 8.91. The molecule has 0 aliphatic carbocycles. The second-order valence-electron chi connectivity index (χ2n) is 3.85. The number of carbonyl (C=O) groups is 1. The normalized spacial score (nSPS) is 19.7. The minimum Gasteiger partial charge on any atom is -0.368 e. The molecule has 0 bridgehead atoms. The molecular formula is C12H14FNO2. The number of ether oxygens (including phenoxy) is 1. The second kappa shape index (κ2) is 5.07. The number of hydrogen-bond acceptors (Lipinski definition) is 2. The predicted molar refractivity (Wildman–Crippen MR) is 57.2 cm³/mol. The highest BCUT2D eigenvalue weighted by atomic mass is 19.1. The average Bonchev–Trinajstić information content (AvgIpc) is 2.81. The summed E-state index contributed by atoms with van der Waals surface area (Å²) < 4.78 is 17.9. The number of benzene rings is 1. The average molecular weight is 223 g/mol. The number of hydrogen-bond donors (Lipinski definition) is 1. The van der Waals surface area contributed by atoms with E-state index >= 15 is 0 Å². The van der Waals surface area contributed by atoms with Crippen LogP contribution in [0, 0.1) is 5.82 Å². The zero-order valence-corrected chi connectivity index (χ0v) is 8.91. The number of nitrogens with one attached hydrogen (secondary N) is 1. The Hall–Kier alpha value is -1.42. The molecule has 4 heteroatoms. The Balaban J connectivity index is 1.82. The molecule has 0 saturated carbocycles. The van der Waals surface area contributed by atoms with Gasteiger partial charge in [0.05, 0.1) is 0 Å². The molecule has 1 heterocycles. The van der Waals surface area contributed by atoms with Gasteiger partial charge >= 0.3 is 0 Å². The molecule has 0 unspecified atom stereocenters. The third kappa shape index (κ3) is 2.79. The van der Waals surface area contributed by atoms with Crippen LogP contribution in [0.5, 0.6) is 0 Å². The first-order valence-corrected chi connectivity index (χ1v) is 5.39. The highest BCUT2D eigenvalue weighted by Gasteiger charge is 2.22. The van der Waals surface area contributed by atoms with Crippen LogP contribution in [0.25, 0.3) is 0 Å². The van der Waals surface area contributed by atoms with Crippen molar-refractivity contribution in [1.29, 1.82) is 0 Å². The Kier molecular flexibility index (Phi) is 3.51. The predicted octanol–water partition coefficient (Wildman–Crippen LogP) is 1.62. The molecule has 1 N–H and O–H groups in total. The SMILES string of the molecule is O=C(NCc1ccc(F)cc1)[C@H]1CCCO1. The van der Waals surface area contributed by atoms with Gasteiger partial charge in [-0.25, -0.2) is 4.39 Å². The van der Waals surface area contributed by atoms with E-state index in [2.05, 4.69) is 5.32 Å². The van der Waals surface area contributed by atoms with Crippen LogP contribution in [0.3, 0.4) is 0 Å². The molecule has 86 valence electrons. The fraction of sp³-hybridized carbons (Fsp3) is 0.417. The maximum absolute atomic E-state index is 12.6. The van der Waals surface area contributed by atoms with E-state index in [1.54, 1.807) is 12.1 Å². The van der Waals surface area contributed by atoms with Gasteiger partial charge in [-0.15, -0.1) is 0 Å². The van der Waals surface area contributed by atoms with Crippen molar-refractivity contribution in [3.63, 3.8) is 0 Å². The summed E-state index contributed by atoms with van der Waals surface area (Å²) in [6, 6.07) is 6.08. The topological polar surface area (TPSA) is 38.3 Å². The van der Waals surface area contributed by atoms with Crippen LogP contribution in [0.4, 0.5) is 4.39 Å². The molecule has 0 aromatic heterocycles. The standard InChI is InChI=1S/C12H14FNO2/c13-10-5-3-9(4-6-10)8-14-12(15)11-2-1-7-16-11/h3-6,11H,1-2,7-8H2,(H,14,15)/t11-/m1/s1. The summed E-state index contributed by atoms with van der Waals surface area (Å²) in [5, 5.41) is 2.77. The van der Waals surface area contributed by atoms with Gasteiger partial charge in [-0.1, -0.05) is 12.1 Å². The number of rotatable bonds is 3. The summed E-state index contributed by atoms with van der Waals surface area (Å²) in [6.45, 7) is 1.08. The van der Waals surface area contributed by atoms with Gasteiger partial charge in [0.2, 0.25) is 5.91 Å². The van der Waals surface area contributed by atoms with E-state index in [0.29, 0.717) is 13.2 Å². The lowest BCUT2D eigenvalue weighted by molar-refractivity contribution is -0.130. The van der Waals surface area contributed by atoms with Crippen molar-refractivity contribution in [1.82, 2.24) is 5.32 Å². The number of amides is 1. The van der Waals surface area contributed by atoms with Crippen molar-refractivity contribution in [3.05, 3.63) is 35.6 Å². The van der Waals surface area contributed by atoms with E-state index < -0.39 is 0 Å². The molecule has 2 rings (SSSR count). The molecule has 1 saturated heterocycles. The van der Waals surface area contributed by atoms with Gasteiger partial charge in [0.25, 0.3) is 0 Å². The molecule has 3 nitrogen and oxygen atoms in total. The number of halogens is 1. The van der Waals surface area contributed by atoms with Crippen LogP contribution in [-0.2, 0) is 16.1 Å². The third-order valence-corrected chi connectivity index (χ3v) is 2.60. The fourth-order valence-corrected chi connectivity index (χ4v) is 1.69. The molecule has 16 heavy (non-hydrogen) atoms. The van der Waals surface area contributed by atoms with Crippen LogP contribution in [0.15, 0.2) is 24.3 Å². The first-order valence-electron chi connectivity index (χ1n) is 5.39. The summed E-state index contributed by atoms with van der Waals surface area (Å²) in [5.74, 6) is -0.351. The monoisotopic (exact) mass is 223 g/mol. The summed E-state index contributed by atoms with van der Waals surface area (Å²) in [5.41, 5.74) is 0.882. The van der Waals surface area contributed by atoms with Gasteiger partial charge in [0.1, 0.15) is 11.9 Å². The van der Waals surface area contributed by atoms with Crippen LogP contribution >= 0.6 is 0 Å². The van der Waals surface area contributed by atoms with Gasteiger partial charge in [0, 0.05) is 13.2 Å². The van der Waals surface area contributed by atoms with E-state index in [1.807, 2.05) is 0 Å². The van der Waals surface area contributed by atoms with Crippen molar-refractivity contribution >= 4 is 5.91 Å². The highest BCUT2D eigenvalue weighted by molar-refractivity contribution is 5.80. The Morgan fingerprint density at radius 3 is 2.81 bits per heavy atom.